The molecule has 144 valence electrons. The molecule has 1 aliphatic rings. The predicted molar refractivity (Wildman–Crippen MR) is 96.6 cm³/mol. The summed E-state index contributed by atoms with van der Waals surface area (Å²) in [6, 6.07) is 10.7. The molecule has 2 aromatic rings. The highest BCUT2D eigenvalue weighted by molar-refractivity contribution is 5.78. The molecule has 1 N–H and O–H groups in total. The number of carbonyl (C=O) groups excluding carboxylic acids is 1. The van der Waals surface area contributed by atoms with E-state index >= 15 is 0 Å². The second kappa shape index (κ2) is 7.60. The maximum atomic E-state index is 13.4. The minimum Gasteiger partial charge on any atom is -0.487 e. The molecular weight excluding hydrogens is 357 g/mol. The van der Waals surface area contributed by atoms with Crippen LogP contribution in [0.15, 0.2) is 42.5 Å². The fourth-order valence-corrected chi connectivity index (χ4v) is 3.20. The van der Waals surface area contributed by atoms with Gasteiger partial charge in [0, 0.05) is 12.0 Å². The summed E-state index contributed by atoms with van der Waals surface area (Å²) in [5.41, 5.74) is 0.669. The molecule has 1 atom stereocenters. The number of hydrogen-bond acceptors (Lipinski definition) is 3. The second-order valence-corrected chi connectivity index (χ2v) is 6.82. The number of ether oxygens (including phenoxy) is 1. The fourth-order valence-electron chi connectivity index (χ4n) is 3.20. The molecule has 0 spiro atoms. The third-order valence-corrected chi connectivity index (χ3v) is 4.34. The SMILES string of the molecule is CN(C)CC(=O)NCC1Cc2cccc(-c3ccccc3C(F)(F)F)c2O1. The Morgan fingerprint density at radius 2 is 1.85 bits per heavy atom. The van der Waals surface area contributed by atoms with Gasteiger partial charge in [-0.3, -0.25) is 4.79 Å². The third-order valence-electron chi connectivity index (χ3n) is 4.34. The predicted octanol–water partition coefficient (Wildman–Crippen LogP) is 3.35. The normalized spacial score (nSPS) is 16.1. The van der Waals surface area contributed by atoms with E-state index in [1.54, 1.807) is 37.2 Å². The molecule has 1 unspecified atom stereocenters. The molecule has 27 heavy (non-hydrogen) atoms. The third kappa shape index (κ3) is 4.42. The Morgan fingerprint density at radius 1 is 1.15 bits per heavy atom. The number of halogens is 3. The van der Waals surface area contributed by atoms with Crippen LogP contribution in [-0.4, -0.2) is 44.1 Å². The van der Waals surface area contributed by atoms with Crippen molar-refractivity contribution < 1.29 is 22.7 Å². The summed E-state index contributed by atoms with van der Waals surface area (Å²) in [7, 11) is 3.59. The van der Waals surface area contributed by atoms with Crippen molar-refractivity contribution in [1.29, 1.82) is 0 Å². The first-order valence-corrected chi connectivity index (χ1v) is 8.62. The highest BCUT2D eigenvalue weighted by Crippen LogP contribution is 2.43. The zero-order valence-corrected chi connectivity index (χ0v) is 15.1. The summed E-state index contributed by atoms with van der Waals surface area (Å²) in [5, 5.41) is 2.80. The van der Waals surface area contributed by atoms with E-state index in [2.05, 4.69) is 5.32 Å². The Morgan fingerprint density at radius 3 is 2.56 bits per heavy atom. The molecule has 1 heterocycles. The van der Waals surface area contributed by atoms with E-state index in [-0.39, 0.29) is 24.1 Å². The van der Waals surface area contributed by atoms with Crippen LogP contribution >= 0.6 is 0 Å². The lowest BCUT2D eigenvalue weighted by atomic mass is 9.96. The molecule has 1 amide bonds. The van der Waals surface area contributed by atoms with Crippen LogP contribution in [0.1, 0.15) is 11.1 Å². The standard InChI is InChI=1S/C20H21F3N2O2/c1-25(2)12-18(26)24-11-14-10-13-6-5-8-16(19(13)27-14)15-7-3-4-9-17(15)20(21,22)23/h3-9,14H,10-12H2,1-2H3,(H,24,26). The molecule has 3 rings (SSSR count). The van der Waals surface area contributed by atoms with E-state index < -0.39 is 11.7 Å². The van der Waals surface area contributed by atoms with Crippen LogP contribution in [0, 0.1) is 0 Å². The molecule has 0 aliphatic carbocycles. The van der Waals surface area contributed by atoms with Gasteiger partial charge < -0.3 is 15.0 Å². The maximum absolute atomic E-state index is 13.4. The molecule has 7 heteroatoms. The first kappa shape index (κ1) is 19.2. The van der Waals surface area contributed by atoms with Gasteiger partial charge in [-0.2, -0.15) is 13.2 Å². The largest absolute Gasteiger partial charge is 0.487 e. The molecule has 0 radical (unpaired) electrons. The van der Waals surface area contributed by atoms with Gasteiger partial charge in [0.1, 0.15) is 11.9 Å². The Balaban J connectivity index is 1.81. The number of carbonyl (C=O) groups is 1. The number of nitrogens with zero attached hydrogens (tertiary/aromatic N) is 1. The highest BCUT2D eigenvalue weighted by Gasteiger charge is 2.35. The van der Waals surface area contributed by atoms with Crippen LogP contribution in [0.25, 0.3) is 11.1 Å². The minimum atomic E-state index is -4.45. The summed E-state index contributed by atoms with van der Waals surface area (Å²) in [5.74, 6) is 0.336. The zero-order valence-electron chi connectivity index (χ0n) is 15.1. The lowest BCUT2D eigenvalue weighted by Crippen LogP contribution is -2.39. The van der Waals surface area contributed by atoms with Crippen molar-refractivity contribution in [3.05, 3.63) is 53.6 Å². The number of benzene rings is 2. The van der Waals surface area contributed by atoms with Gasteiger partial charge in [0.05, 0.1) is 18.7 Å². The number of likely N-dealkylation sites (N-methyl/N-ethyl adjacent to an activating group) is 1. The summed E-state index contributed by atoms with van der Waals surface area (Å²) >= 11 is 0. The van der Waals surface area contributed by atoms with Gasteiger partial charge in [-0.15, -0.1) is 0 Å². The quantitative estimate of drug-likeness (QED) is 0.868. The Kier molecular flexibility index (Phi) is 5.41. The van der Waals surface area contributed by atoms with E-state index in [0.29, 0.717) is 24.3 Å². The van der Waals surface area contributed by atoms with Gasteiger partial charge in [0.2, 0.25) is 5.91 Å². The van der Waals surface area contributed by atoms with Crippen molar-refractivity contribution in [3.8, 4) is 16.9 Å². The lowest BCUT2D eigenvalue weighted by molar-refractivity contribution is -0.137. The van der Waals surface area contributed by atoms with Gasteiger partial charge >= 0.3 is 6.18 Å². The average Bonchev–Trinajstić information content (AvgIpc) is 3.01. The smallest absolute Gasteiger partial charge is 0.417 e. The summed E-state index contributed by atoms with van der Waals surface area (Å²) in [4.78, 5) is 13.5. The molecule has 0 fully saturated rings. The van der Waals surface area contributed by atoms with E-state index in [1.807, 2.05) is 6.07 Å². The lowest BCUT2D eigenvalue weighted by Gasteiger charge is -2.17. The zero-order chi connectivity index (χ0) is 19.6. The number of alkyl halides is 3. The number of nitrogens with one attached hydrogen (secondary N) is 1. The molecule has 0 aromatic heterocycles. The molecule has 2 aromatic carbocycles. The van der Waals surface area contributed by atoms with Gasteiger partial charge in [-0.1, -0.05) is 36.4 Å². The average molecular weight is 378 g/mol. The second-order valence-electron chi connectivity index (χ2n) is 6.82. The van der Waals surface area contributed by atoms with Gasteiger partial charge in [0.15, 0.2) is 0 Å². The van der Waals surface area contributed by atoms with Crippen molar-refractivity contribution in [3.63, 3.8) is 0 Å². The van der Waals surface area contributed by atoms with Gasteiger partial charge in [-0.25, -0.2) is 0 Å². The monoisotopic (exact) mass is 378 g/mol. The van der Waals surface area contributed by atoms with Crippen molar-refractivity contribution in [2.45, 2.75) is 18.7 Å². The molecule has 4 nitrogen and oxygen atoms in total. The topological polar surface area (TPSA) is 41.6 Å². The van der Waals surface area contributed by atoms with Crippen LogP contribution in [0.3, 0.4) is 0 Å². The number of fused-ring (bicyclic) bond motifs is 1. The Hall–Kier alpha value is -2.54. The highest BCUT2D eigenvalue weighted by atomic mass is 19.4. The van der Waals surface area contributed by atoms with E-state index in [4.69, 9.17) is 4.74 Å². The number of hydrogen-bond donors (Lipinski definition) is 1. The van der Waals surface area contributed by atoms with Gasteiger partial charge in [-0.05, 0) is 31.3 Å². The first-order chi connectivity index (χ1) is 12.8. The number of amides is 1. The maximum Gasteiger partial charge on any atom is 0.417 e. The Labute approximate surface area is 155 Å². The van der Waals surface area contributed by atoms with Crippen LogP contribution in [-0.2, 0) is 17.4 Å². The summed E-state index contributed by atoms with van der Waals surface area (Å²) in [6.45, 7) is 0.575. The summed E-state index contributed by atoms with van der Waals surface area (Å²) in [6.07, 6.45) is -4.21. The van der Waals surface area contributed by atoms with E-state index in [0.717, 1.165) is 11.6 Å². The first-order valence-electron chi connectivity index (χ1n) is 8.62. The van der Waals surface area contributed by atoms with E-state index in [1.165, 1.54) is 12.1 Å². The molecule has 1 aliphatic heterocycles. The van der Waals surface area contributed by atoms with Crippen molar-refractivity contribution >= 4 is 5.91 Å². The number of para-hydroxylation sites is 1. The van der Waals surface area contributed by atoms with Crippen LogP contribution in [0.2, 0.25) is 0 Å². The van der Waals surface area contributed by atoms with Crippen molar-refractivity contribution in [2.75, 3.05) is 27.2 Å². The van der Waals surface area contributed by atoms with E-state index in [9.17, 15) is 18.0 Å². The van der Waals surface area contributed by atoms with Crippen LogP contribution in [0.5, 0.6) is 5.75 Å². The molecule has 0 saturated heterocycles. The van der Waals surface area contributed by atoms with Gasteiger partial charge in [0.25, 0.3) is 0 Å². The van der Waals surface area contributed by atoms with Crippen LogP contribution in [0.4, 0.5) is 13.2 Å². The molecular formula is C20H21F3N2O2. The Bertz CT molecular complexity index is 834. The van der Waals surface area contributed by atoms with Crippen molar-refractivity contribution in [1.82, 2.24) is 10.2 Å². The van der Waals surface area contributed by atoms with Crippen molar-refractivity contribution in [2.24, 2.45) is 0 Å². The van der Waals surface area contributed by atoms with Crippen LogP contribution < -0.4 is 10.1 Å². The summed E-state index contributed by atoms with van der Waals surface area (Å²) < 4.78 is 46.1. The fraction of sp³-hybridized carbons (Fsp3) is 0.350. The molecule has 0 bridgehead atoms. The number of rotatable bonds is 5. The molecule has 0 saturated carbocycles. The minimum absolute atomic E-state index is 0.0964.